The first kappa shape index (κ1) is 16.4. The van der Waals surface area contributed by atoms with Gasteiger partial charge in [-0.2, -0.15) is 0 Å². The van der Waals surface area contributed by atoms with E-state index in [2.05, 4.69) is 10.6 Å². The number of nitrogens with one attached hydrogen (secondary N) is 2. The van der Waals surface area contributed by atoms with Gasteiger partial charge >= 0.3 is 6.03 Å². The maximum absolute atomic E-state index is 11.9. The zero-order valence-electron chi connectivity index (χ0n) is 10.8. The quantitative estimate of drug-likeness (QED) is 0.448. The van der Waals surface area contributed by atoms with Gasteiger partial charge in [0.2, 0.25) is 0 Å². The minimum Gasteiger partial charge on any atom is -0.307 e. The van der Waals surface area contributed by atoms with Crippen molar-refractivity contribution in [3.63, 3.8) is 0 Å². The minimum absolute atomic E-state index is 0.134. The SMILES string of the molecule is O=C(Nc1cccc([N+](=O)[O-])c1)Nc1cc(Cl)c(Cl)cc1Cl. The Kier molecular flexibility index (Phi) is 5.07. The normalized spacial score (nSPS) is 10.1. The molecular formula is C13H8Cl3N3O3. The number of halogens is 3. The first-order valence-corrected chi connectivity index (χ1v) is 6.97. The van der Waals surface area contributed by atoms with Crippen molar-refractivity contribution >= 4 is 57.9 Å². The molecule has 0 bridgehead atoms. The average molecular weight is 361 g/mol. The lowest BCUT2D eigenvalue weighted by atomic mass is 10.3. The highest BCUT2D eigenvalue weighted by Crippen LogP contribution is 2.32. The number of carbonyl (C=O) groups is 1. The summed E-state index contributed by atoms with van der Waals surface area (Å²) in [6, 6.07) is 7.70. The molecule has 6 nitrogen and oxygen atoms in total. The van der Waals surface area contributed by atoms with Gasteiger partial charge in [-0.1, -0.05) is 40.9 Å². The fraction of sp³-hybridized carbons (Fsp3) is 0. The summed E-state index contributed by atoms with van der Waals surface area (Å²) in [5.74, 6) is 0. The van der Waals surface area contributed by atoms with Crippen LogP contribution in [0.5, 0.6) is 0 Å². The Morgan fingerprint density at radius 1 is 1.00 bits per heavy atom. The van der Waals surface area contributed by atoms with Gasteiger partial charge in [0, 0.05) is 17.8 Å². The molecule has 2 aromatic rings. The van der Waals surface area contributed by atoms with Gasteiger partial charge in [0.15, 0.2) is 0 Å². The molecule has 114 valence electrons. The van der Waals surface area contributed by atoms with Crippen LogP contribution in [0.4, 0.5) is 21.9 Å². The molecule has 0 aliphatic heterocycles. The summed E-state index contributed by atoms with van der Waals surface area (Å²) in [6.45, 7) is 0. The fourth-order valence-electron chi connectivity index (χ4n) is 1.60. The summed E-state index contributed by atoms with van der Waals surface area (Å²) >= 11 is 17.6. The van der Waals surface area contributed by atoms with Crippen LogP contribution in [0.2, 0.25) is 15.1 Å². The van der Waals surface area contributed by atoms with Gasteiger partial charge in [0.25, 0.3) is 5.69 Å². The van der Waals surface area contributed by atoms with Crippen LogP contribution < -0.4 is 10.6 Å². The molecule has 0 heterocycles. The minimum atomic E-state index is -0.624. The Morgan fingerprint density at radius 3 is 2.36 bits per heavy atom. The molecule has 22 heavy (non-hydrogen) atoms. The van der Waals surface area contributed by atoms with Crippen LogP contribution in [0.15, 0.2) is 36.4 Å². The van der Waals surface area contributed by atoms with Crippen LogP contribution in [0.25, 0.3) is 0 Å². The number of benzene rings is 2. The maximum Gasteiger partial charge on any atom is 0.323 e. The summed E-state index contributed by atoms with van der Waals surface area (Å²) in [6.07, 6.45) is 0. The van der Waals surface area contributed by atoms with E-state index in [-0.39, 0.29) is 32.1 Å². The molecule has 2 N–H and O–H groups in total. The Labute approximate surface area is 140 Å². The third-order valence-electron chi connectivity index (χ3n) is 2.57. The molecule has 0 atom stereocenters. The molecule has 2 aromatic carbocycles. The number of amides is 2. The molecule has 2 amide bonds. The largest absolute Gasteiger partial charge is 0.323 e. The number of carbonyl (C=O) groups excluding carboxylic acids is 1. The summed E-state index contributed by atoms with van der Waals surface area (Å²) in [5.41, 5.74) is 0.396. The summed E-state index contributed by atoms with van der Waals surface area (Å²) in [5, 5.41) is 16.3. The van der Waals surface area contributed by atoms with Crippen molar-refractivity contribution in [1.29, 1.82) is 0 Å². The molecular weight excluding hydrogens is 353 g/mol. The second kappa shape index (κ2) is 6.83. The van der Waals surface area contributed by atoms with Crippen LogP contribution in [0, 0.1) is 10.1 Å². The Hall–Kier alpha value is -2.02. The van der Waals surface area contributed by atoms with Crippen molar-refractivity contribution in [2.75, 3.05) is 10.6 Å². The van der Waals surface area contributed by atoms with Crippen molar-refractivity contribution in [1.82, 2.24) is 0 Å². The molecule has 0 radical (unpaired) electrons. The van der Waals surface area contributed by atoms with Crippen molar-refractivity contribution in [3.05, 3.63) is 61.6 Å². The van der Waals surface area contributed by atoms with Crippen molar-refractivity contribution in [2.45, 2.75) is 0 Å². The number of hydrogen-bond donors (Lipinski definition) is 2. The molecule has 9 heteroatoms. The molecule has 0 aliphatic rings. The number of urea groups is 1. The van der Waals surface area contributed by atoms with E-state index in [1.165, 1.54) is 36.4 Å². The molecule has 0 spiro atoms. The Bertz CT molecular complexity index is 753. The molecule has 0 aromatic heterocycles. The van der Waals surface area contributed by atoms with E-state index in [0.717, 1.165) is 0 Å². The first-order valence-electron chi connectivity index (χ1n) is 5.84. The van der Waals surface area contributed by atoms with Gasteiger partial charge in [-0.25, -0.2) is 4.79 Å². The zero-order valence-corrected chi connectivity index (χ0v) is 13.0. The topological polar surface area (TPSA) is 84.3 Å². The van der Waals surface area contributed by atoms with E-state index < -0.39 is 11.0 Å². The smallest absolute Gasteiger partial charge is 0.307 e. The number of nitro benzene ring substituents is 1. The van der Waals surface area contributed by atoms with Gasteiger partial charge in [0.05, 0.1) is 25.7 Å². The number of non-ortho nitro benzene ring substituents is 1. The van der Waals surface area contributed by atoms with Gasteiger partial charge < -0.3 is 10.6 Å². The van der Waals surface area contributed by atoms with E-state index in [1.807, 2.05) is 0 Å². The molecule has 0 unspecified atom stereocenters. The van der Waals surface area contributed by atoms with E-state index in [4.69, 9.17) is 34.8 Å². The lowest BCUT2D eigenvalue weighted by molar-refractivity contribution is -0.384. The standard InChI is InChI=1S/C13H8Cl3N3O3/c14-9-5-11(16)12(6-10(9)15)18-13(20)17-7-2-1-3-8(4-7)19(21)22/h1-6H,(H2,17,18,20). The van der Waals surface area contributed by atoms with Crippen LogP contribution in [0.1, 0.15) is 0 Å². The molecule has 2 rings (SSSR count). The van der Waals surface area contributed by atoms with E-state index in [1.54, 1.807) is 0 Å². The third-order valence-corrected chi connectivity index (χ3v) is 3.61. The lowest BCUT2D eigenvalue weighted by Crippen LogP contribution is -2.19. The molecule has 0 fully saturated rings. The monoisotopic (exact) mass is 359 g/mol. The van der Waals surface area contributed by atoms with Crippen molar-refractivity contribution in [3.8, 4) is 0 Å². The van der Waals surface area contributed by atoms with Gasteiger partial charge in [-0.05, 0) is 18.2 Å². The molecule has 0 saturated carbocycles. The second-order valence-corrected chi connectivity index (χ2v) is 5.35. The van der Waals surface area contributed by atoms with Crippen LogP contribution in [-0.4, -0.2) is 11.0 Å². The number of nitrogens with zero attached hydrogens (tertiary/aromatic N) is 1. The van der Waals surface area contributed by atoms with Crippen molar-refractivity contribution in [2.24, 2.45) is 0 Å². The lowest BCUT2D eigenvalue weighted by Gasteiger charge is -2.10. The maximum atomic E-state index is 11.9. The molecule has 0 aliphatic carbocycles. The van der Waals surface area contributed by atoms with Crippen molar-refractivity contribution < 1.29 is 9.72 Å². The number of hydrogen-bond acceptors (Lipinski definition) is 3. The first-order chi connectivity index (χ1) is 10.4. The predicted octanol–water partition coefficient (Wildman–Crippen LogP) is 5.20. The van der Waals surface area contributed by atoms with Gasteiger partial charge in [-0.15, -0.1) is 0 Å². The Morgan fingerprint density at radius 2 is 1.68 bits per heavy atom. The fourth-order valence-corrected chi connectivity index (χ4v) is 2.19. The highest BCUT2D eigenvalue weighted by Gasteiger charge is 2.11. The summed E-state index contributed by atoms with van der Waals surface area (Å²) in [4.78, 5) is 22.0. The molecule has 0 saturated heterocycles. The number of rotatable bonds is 3. The van der Waals surface area contributed by atoms with Crippen LogP contribution in [-0.2, 0) is 0 Å². The Balaban J connectivity index is 2.12. The number of anilines is 2. The predicted molar refractivity (Wildman–Crippen MR) is 87.2 cm³/mol. The summed E-state index contributed by atoms with van der Waals surface area (Å²) < 4.78 is 0. The highest BCUT2D eigenvalue weighted by atomic mass is 35.5. The third kappa shape index (κ3) is 4.00. The van der Waals surface area contributed by atoms with E-state index >= 15 is 0 Å². The summed E-state index contributed by atoms with van der Waals surface area (Å²) in [7, 11) is 0. The highest BCUT2D eigenvalue weighted by molar-refractivity contribution is 6.44. The van der Waals surface area contributed by atoms with E-state index in [0.29, 0.717) is 0 Å². The second-order valence-electron chi connectivity index (χ2n) is 4.13. The zero-order chi connectivity index (χ0) is 16.3. The average Bonchev–Trinajstić information content (AvgIpc) is 2.45. The van der Waals surface area contributed by atoms with Crippen LogP contribution >= 0.6 is 34.8 Å². The van der Waals surface area contributed by atoms with Gasteiger partial charge in [-0.3, -0.25) is 10.1 Å². The van der Waals surface area contributed by atoms with Gasteiger partial charge in [0.1, 0.15) is 0 Å². The van der Waals surface area contributed by atoms with Crippen LogP contribution in [0.3, 0.4) is 0 Å². The number of nitro groups is 1. The van der Waals surface area contributed by atoms with E-state index in [9.17, 15) is 14.9 Å².